The maximum absolute atomic E-state index is 11.3. The van der Waals surface area contributed by atoms with Gasteiger partial charge in [-0.05, 0) is 25.8 Å². The lowest BCUT2D eigenvalue weighted by molar-refractivity contribution is 0.517. The van der Waals surface area contributed by atoms with E-state index in [1.165, 1.54) is 10.6 Å². The minimum Gasteiger partial charge on any atom is -0.270 e. The molecule has 0 saturated carbocycles. The SMILES string of the molecule is CC=C1CCN(S(C)(=O)=O)C1=CC. The van der Waals surface area contributed by atoms with Crippen molar-refractivity contribution in [2.75, 3.05) is 12.8 Å². The number of rotatable bonds is 1. The van der Waals surface area contributed by atoms with E-state index in [2.05, 4.69) is 0 Å². The van der Waals surface area contributed by atoms with Crippen molar-refractivity contribution >= 4 is 10.0 Å². The minimum atomic E-state index is -3.08. The molecule has 1 aliphatic rings. The average molecular weight is 201 g/mol. The van der Waals surface area contributed by atoms with E-state index in [0.717, 1.165) is 17.7 Å². The van der Waals surface area contributed by atoms with Crippen LogP contribution in [0.1, 0.15) is 20.3 Å². The fourth-order valence-corrected chi connectivity index (χ4v) is 2.60. The summed E-state index contributed by atoms with van der Waals surface area (Å²) in [4.78, 5) is 0. The van der Waals surface area contributed by atoms with Gasteiger partial charge < -0.3 is 0 Å². The summed E-state index contributed by atoms with van der Waals surface area (Å²) in [6.45, 7) is 4.38. The van der Waals surface area contributed by atoms with Crippen molar-refractivity contribution in [3.8, 4) is 0 Å². The molecule has 13 heavy (non-hydrogen) atoms. The number of hydrogen-bond acceptors (Lipinski definition) is 2. The Hall–Kier alpha value is -0.770. The molecule has 74 valence electrons. The minimum absolute atomic E-state index is 0.582. The van der Waals surface area contributed by atoms with E-state index in [0.29, 0.717) is 6.54 Å². The van der Waals surface area contributed by atoms with E-state index in [4.69, 9.17) is 0 Å². The number of sulfonamides is 1. The molecule has 0 N–H and O–H groups in total. The van der Waals surface area contributed by atoms with Gasteiger partial charge >= 0.3 is 0 Å². The van der Waals surface area contributed by atoms with E-state index in [-0.39, 0.29) is 0 Å². The first-order chi connectivity index (χ1) is 6.00. The largest absolute Gasteiger partial charge is 0.270 e. The standard InChI is InChI=1S/C9H15NO2S/c1-4-8-6-7-10(9(8)5-2)13(3,11)12/h4-5H,6-7H2,1-3H3. The highest BCUT2D eigenvalue weighted by Crippen LogP contribution is 2.28. The molecule has 1 aliphatic heterocycles. The molecular weight excluding hydrogens is 186 g/mol. The summed E-state index contributed by atoms with van der Waals surface area (Å²) >= 11 is 0. The van der Waals surface area contributed by atoms with Crippen LogP contribution in [-0.4, -0.2) is 25.5 Å². The molecule has 3 nitrogen and oxygen atoms in total. The van der Waals surface area contributed by atoms with Gasteiger partial charge in [-0.3, -0.25) is 4.31 Å². The fraction of sp³-hybridized carbons (Fsp3) is 0.556. The summed E-state index contributed by atoms with van der Waals surface area (Å²) in [5.41, 5.74) is 1.96. The first kappa shape index (κ1) is 10.3. The molecule has 0 radical (unpaired) electrons. The Balaban J connectivity index is 3.08. The number of allylic oxidation sites excluding steroid dienone is 3. The highest BCUT2D eigenvalue weighted by Gasteiger charge is 2.27. The zero-order valence-electron chi connectivity index (χ0n) is 8.24. The highest BCUT2D eigenvalue weighted by atomic mass is 32.2. The van der Waals surface area contributed by atoms with Crippen molar-refractivity contribution < 1.29 is 8.42 Å². The molecule has 0 atom stereocenters. The third-order valence-corrected chi connectivity index (χ3v) is 3.38. The monoisotopic (exact) mass is 201 g/mol. The van der Waals surface area contributed by atoms with Crippen LogP contribution in [0.15, 0.2) is 23.4 Å². The van der Waals surface area contributed by atoms with Crippen molar-refractivity contribution in [3.63, 3.8) is 0 Å². The lowest BCUT2D eigenvalue weighted by Gasteiger charge is -2.16. The Morgan fingerprint density at radius 1 is 1.31 bits per heavy atom. The first-order valence-corrected chi connectivity index (χ1v) is 6.15. The second kappa shape index (κ2) is 3.54. The Morgan fingerprint density at radius 3 is 2.31 bits per heavy atom. The van der Waals surface area contributed by atoms with Gasteiger partial charge in [-0.2, -0.15) is 0 Å². The number of hydrogen-bond donors (Lipinski definition) is 0. The molecule has 1 rings (SSSR count). The third-order valence-electron chi connectivity index (χ3n) is 2.20. The van der Waals surface area contributed by atoms with Crippen molar-refractivity contribution in [2.24, 2.45) is 0 Å². The molecular formula is C9H15NO2S. The van der Waals surface area contributed by atoms with E-state index < -0.39 is 10.0 Å². The van der Waals surface area contributed by atoms with Gasteiger partial charge in [0.2, 0.25) is 10.0 Å². The predicted octanol–water partition coefficient (Wildman–Crippen LogP) is 1.50. The molecule has 0 aliphatic carbocycles. The van der Waals surface area contributed by atoms with Crippen LogP contribution in [0.4, 0.5) is 0 Å². The van der Waals surface area contributed by atoms with Gasteiger partial charge in [-0.15, -0.1) is 0 Å². The van der Waals surface area contributed by atoms with Gasteiger partial charge in [0.05, 0.1) is 12.0 Å². The van der Waals surface area contributed by atoms with E-state index in [9.17, 15) is 8.42 Å². The molecule has 1 heterocycles. The summed E-state index contributed by atoms with van der Waals surface area (Å²) < 4.78 is 24.1. The van der Waals surface area contributed by atoms with Crippen LogP contribution >= 0.6 is 0 Å². The van der Waals surface area contributed by atoms with Crippen LogP contribution < -0.4 is 0 Å². The second-order valence-electron chi connectivity index (χ2n) is 3.07. The molecule has 0 spiro atoms. The van der Waals surface area contributed by atoms with Crippen LogP contribution in [-0.2, 0) is 10.0 Å². The lowest BCUT2D eigenvalue weighted by atomic mass is 10.2. The van der Waals surface area contributed by atoms with Gasteiger partial charge in [0.15, 0.2) is 0 Å². The summed E-state index contributed by atoms with van der Waals surface area (Å²) in [7, 11) is -3.08. The summed E-state index contributed by atoms with van der Waals surface area (Å²) in [6.07, 6.45) is 5.89. The van der Waals surface area contributed by atoms with Gasteiger partial charge in [-0.1, -0.05) is 12.2 Å². The molecule has 0 bridgehead atoms. The van der Waals surface area contributed by atoms with Crippen molar-refractivity contribution in [3.05, 3.63) is 23.4 Å². The average Bonchev–Trinajstić information content (AvgIpc) is 2.45. The van der Waals surface area contributed by atoms with E-state index in [1.807, 2.05) is 26.0 Å². The Labute approximate surface area is 79.8 Å². The van der Waals surface area contributed by atoms with Gasteiger partial charge in [0.25, 0.3) is 0 Å². The molecule has 0 amide bonds. The normalized spacial score (nSPS) is 24.7. The second-order valence-corrected chi connectivity index (χ2v) is 4.98. The molecule has 1 saturated heterocycles. The smallest absolute Gasteiger partial charge is 0.232 e. The Bertz CT molecular complexity index is 352. The fourth-order valence-electron chi connectivity index (χ4n) is 1.60. The molecule has 0 aromatic rings. The molecule has 1 fully saturated rings. The van der Waals surface area contributed by atoms with Crippen molar-refractivity contribution in [1.29, 1.82) is 0 Å². The highest BCUT2D eigenvalue weighted by molar-refractivity contribution is 7.88. The Kier molecular flexibility index (Phi) is 2.81. The summed E-state index contributed by atoms with van der Waals surface area (Å²) in [6, 6.07) is 0. The van der Waals surface area contributed by atoms with Crippen LogP contribution in [0, 0.1) is 0 Å². The van der Waals surface area contributed by atoms with Crippen LogP contribution in [0.3, 0.4) is 0 Å². The zero-order valence-corrected chi connectivity index (χ0v) is 9.06. The topological polar surface area (TPSA) is 37.4 Å². The quantitative estimate of drug-likeness (QED) is 0.644. The lowest BCUT2D eigenvalue weighted by Crippen LogP contribution is -2.25. The summed E-state index contributed by atoms with van der Waals surface area (Å²) in [5, 5.41) is 0. The van der Waals surface area contributed by atoms with Gasteiger partial charge in [-0.25, -0.2) is 8.42 Å². The first-order valence-electron chi connectivity index (χ1n) is 4.30. The molecule has 4 heteroatoms. The zero-order chi connectivity index (χ0) is 10.1. The van der Waals surface area contributed by atoms with E-state index >= 15 is 0 Å². The van der Waals surface area contributed by atoms with Crippen LogP contribution in [0.25, 0.3) is 0 Å². The van der Waals surface area contributed by atoms with Gasteiger partial charge in [0, 0.05) is 6.54 Å². The van der Waals surface area contributed by atoms with Crippen LogP contribution in [0.2, 0.25) is 0 Å². The molecule has 0 aromatic carbocycles. The van der Waals surface area contributed by atoms with Crippen molar-refractivity contribution in [1.82, 2.24) is 4.31 Å². The van der Waals surface area contributed by atoms with Gasteiger partial charge in [0.1, 0.15) is 0 Å². The maximum Gasteiger partial charge on any atom is 0.232 e. The third kappa shape index (κ3) is 1.94. The number of nitrogens with zero attached hydrogens (tertiary/aromatic N) is 1. The molecule has 0 aromatic heterocycles. The van der Waals surface area contributed by atoms with Crippen LogP contribution in [0.5, 0.6) is 0 Å². The van der Waals surface area contributed by atoms with E-state index in [1.54, 1.807) is 0 Å². The predicted molar refractivity (Wildman–Crippen MR) is 53.7 cm³/mol. The Morgan fingerprint density at radius 2 is 1.92 bits per heavy atom. The maximum atomic E-state index is 11.3. The summed E-state index contributed by atoms with van der Waals surface area (Å²) in [5.74, 6) is 0. The van der Waals surface area contributed by atoms with Crippen molar-refractivity contribution in [2.45, 2.75) is 20.3 Å². The molecule has 0 unspecified atom stereocenters.